The number of nitrogens with one attached hydrogen (secondary N) is 2. The molecule has 0 heterocycles. The highest BCUT2D eigenvalue weighted by Gasteiger charge is 2.28. The Labute approximate surface area is 328 Å². The molecule has 0 fully saturated rings. The smallest absolute Gasteiger partial charge is 0.295 e. The summed E-state index contributed by atoms with van der Waals surface area (Å²) in [5, 5.41) is 11.1. The molecule has 11 heteroatoms. The fourth-order valence-electron chi connectivity index (χ4n) is 7.83. The maximum atomic E-state index is 13.9. The predicted octanol–water partition coefficient (Wildman–Crippen LogP) is 11.2. The summed E-state index contributed by atoms with van der Waals surface area (Å²) in [4.78, 5) is -0.733. The third kappa shape index (κ3) is 6.48. The number of rotatable bonds is 8. The average molecular weight is 788 g/mol. The third-order valence-corrected chi connectivity index (χ3v) is 12.1. The molecule has 0 saturated carbocycles. The second-order valence-corrected chi connectivity index (χ2v) is 16.5. The zero-order valence-corrected chi connectivity index (χ0v) is 31.6. The summed E-state index contributed by atoms with van der Waals surface area (Å²) in [7, 11) is -9.91. The summed E-state index contributed by atoms with van der Waals surface area (Å²) in [6.07, 6.45) is 0. The first-order valence-electron chi connectivity index (χ1n) is 17.9. The van der Waals surface area contributed by atoms with Gasteiger partial charge in [-0.25, -0.2) is 0 Å². The number of benzene rings is 9. The molecule has 0 aliphatic heterocycles. The van der Waals surface area contributed by atoms with Gasteiger partial charge in [0.2, 0.25) is 0 Å². The summed E-state index contributed by atoms with van der Waals surface area (Å²) in [6.45, 7) is 0. The van der Waals surface area contributed by atoms with Crippen molar-refractivity contribution in [3.05, 3.63) is 164 Å². The molecule has 0 bridgehead atoms. The first-order chi connectivity index (χ1) is 27.5. The molecule has 0 spiro atoms. The Morgan fingerprint density at radius 3 is 1.54 bits per heavy atom. The van der Waals surface area contributed by atoms with Gasteiger partial charge in [-0.15, -0.1) is 0 Å². The van der Waals surface area contributed by atoms with Gasteiger partial charge in [0.05, 0.1) is 0 Å². The van der Waals surface area contributed by atoms with Crippen molar-refractivity contribution in [3.8, 4) is 22.3 Å². The van der Waals surface area contributed by atoms with Gasteiger partial charge in [-0.05, 0) is 92.7 Å². The number of hydrogen-bond donors (Lipinski definition) is 5. The van der Waals surface area contributed by atoms with Crippen molar-refractivity contribution in [1.29, 1.82) is 0 Å². The van der Waals surface area contributed by atoms with E-state index in [2.05, 4.69) is 10.6 Å². The van der Waals surface area contributed by atoms with Crippen LogP contribution in [0.3, 0.4) is 0 Å². The SMILES string of the molecule is Nc1cccc2cc3c(-c4ccc5c(-c6ccc7cccc(Nc8ccccc8)c7c6S(=O)(=O)O)ccc(Nc6ccccc6)c5c4S(=O)(=O)O)cccc3cc12. The van der Waals surface area contributed by atoms with E-state index in [0.29, 0.717) is 50.3 Å². The molecule has 0 atom stereocenters. The monoisotopic (exact) mass is 787 g/mol. The van der Waals surface area contributed by atoms with Gasteiger partial charge in [0.25, 0.3) is 20.2 Å². The van der Waals surface area contributed by atoms with Crippen molar-refractivity contribution < 1.29 is 25.9 Å². The lowest BCUT2D eigenvalue weighted by molar-refractivity contribution is 0.482. The molecule has 280 valence electrons. The quantitative estimate of drug-likeness (QED) is 0.0574. The van der Waals surface area contributed by atoms with Crippen LogP contribution in [0.25, 0.3) is 65.3 Å². The van der Waals surface area contributed by atoms with Crippen LogP contribution in [0.2, 0.25) is 0 Å². The number of anilines is 5. The molecular formula is C46H33N3O6S2. The molecule has 9 aromatic rings. The van der Waals surface area contributed by atoms with E-state index in [9.17, 15) is 25.9 Å². The minimum Gasteiger partial charge on any atom is -0.398 e. The van der Waals surface area contributed by atoms with Crippen molar-refractivity contribution in [2.75, 3.05) is 16.4 Å². The Balaban J connectivity index is 1.38. The molecule has 0 saturated heterocycles. The van der Waals surface area contributed by atoms with Crippen LogP contribution in [-0.2, 0) is 20.2 Å². The van der Waals surface area contributed by atoms with Gasteiger partial charge < -0.3 is 16.4 Å². The summed E-state index contributed by atoms with van der Waals surface area (Å²) in [5.41, 5.74) is 10.3. The molecule has 0 aromatic heterocycles. The van der Waals surface area contributed by atoms with Crippen molar-refractivity contribution in [2.24, 2.45) is 0 Å². The summed E-state index contributed by atoms with van der Waals surface area (Å²) in [6, 6.07) is 48.7. The van der Waals surface area contributed by atoms with Crippen LogP contribution in [0.4, 0.5) is 28.4 Å². The maximum absolute atomic E-state index is 13.9. The number of nitrogens with two attached hydrogens (primary N) is 1. The molecule has 6 N–H and O–H groups in total. The first kappa shape index (κ1) is 35.9. The number of hydrogen-bond acceptors (Lipinski definition) is 7. The lowest BCUT2D eigenvalue weighted by Crippen LogP contribution is -2.07. The van der Waals surface area contributed by atoms with Gasteiger partial charge in [-0.3, -0.25) is 9.11 Å². The molecule has 0 amide bonds. The zero-order chi connectivity index (χ0) is 39.5. The Hall–Kier alpha value is -6.76. The van der Waals surface area contributed by atoms with E-state index < -0.39 is 20.2 Å². The van der Waals surface area contributed by atoms with Gasteiger partial charge in [-0.2, -0.15) is 16.8 Å². The lowest BCUT2D eigenvalue weighted by atomic mass is 9.90. The van der Waals surface area contributed by atoms with E-state index in [0.717, 1.165) is 21.5 Å². The third-order valence-electron chi connectivity index (χ3n) is 10.2. The van der Waals surface area contributed by atoms with Gasteiger partial charge in [0, 0.05) is 55.7 Å². The highest BCUT2D eigenvalue weighted by atomic mass is 32.2. The van der Waals surface area contributed by atoms with E-state index in [1.54, 1.807) is 60.7 Å². The molecule has 0 aliphatic carbocycles. The number of fused-ring (bicyclic) bond motifs is 4. The van der Waals surface area contributed by atoms with E-state index >= 15 is 0 Å². The summed E-state index contributed by atoms with van der Waals surface area (Å²) >= 11 is 0. The molecule has 0 aliphatic rings. The molecule has 9 nitrogen and oxygen atoms in total. The first-order valence-corrected chi connectivity index (χ1v) is 20.8. The normalized spacial score (nSPS) is 12.0. The highest BCUT2D eigenvalue weighted by molar-refractivity contribution is 7.86. The van der Waals surface area contributed by atoms with Crippen molar-refractivity contribution in [1.82, 2.24) is 0 Å². The number of para-hydroxylation sites is 2. The fraction of sp³-hybridized carbons (Fsp3) is 0. The second-order valence-electron chi connectivity index (χ2n) is 13.8. The Kier molecular flexibility index (Phi) is 8.67. The Morgan fingerprint density at radius 2 is 0.895 bits per heavy atom. The summed E-state index contributed by atoms with van der Waals surface area (Å²) in [5.74, 6) is 0. The largest absolute Gasteiger partial charge is 0.398 e. The molecule has 0 radical (unpaired) electrons. The van der Waals surface area contributed by atoms with E-state index in [4.69, 9.17) is 5.73 Å². The van der Waals surface area contributed by atoms with Crippen LogP contribution in [0, 0.1) is 0 Å². The van der Waals surface area contributed by atoms with Crippen LogP contribution in [-0.4, -0.2) is 25.9 Å². The van der Waals surface area contributed by atoms with E-state index in [1.165, 1.54) is 0 Å². The fourth-order valence-corrected chi connectivity index (χ4v) is 9.70. The Morgan fingerprint density at radius 1 is 0.404 bits per heavy atom. The van der Waals surface area contributed by atoms with Gasteiger partial charge in [-0.1, -0.05) is 109 Å². The topological polar surface area (TPSA) is 159 Å². The van der Waals surface area contributed by atoms with Gasteiger partial charge >= 0.3 is 0 Å². The standard InChI is InChI=1S/C46H33N3O6S2/c47-40-18-8-12-30-26-38-29(27-39(30)40)11-7-17-33(38)37-23-22-35-34(24-25-42(44(35)46(37)57(53,54)55)49-32-15-5-2-6-16-32)36-21-20-28-10-9-19-41(43(28)45(36)56(50,51)52)48-31-13-3-1-4-14-31/h1-27,48-49H,47H2,(H,50,51,52)(H,53,54,55). The van der Waals surface area contributed by atoms with Crippen molar-refractivity contribution in [3.63, 3.8) is 0 Å². The molecule has 9 rings (SSSR count). The number of nitrogen functional groups attached to an aromatic ring is 1. The molecule has 57 heavy (non-hydrogen) atoms. The minimum absolute atomic E-state index is 0.121. The molecular weight excluding hydrogens is 755 g/mol. The van der Waals surface area contributed by atoms with E-state index in [1.807, 2.05) is 103 Å². The average Bonchev–Trinajstić information content (AvgIpc) is 3.20. The van der Waals surface area contributed by atoms with E-state index in [-0.39, 0.29) is 31.7 Å². The van der Waals surface area contributed by atoms with Crippen LogP contribution < -0.4 is 16.4 Å². The van der Waals surface area contributed by atoms with Crippen LogP contribution in [0.15, 0.2) is 174 Å². The van der Waals surface area contributed by atoms with Crippen molar-refractivity contribution in [2.45, 2.75) is 9.79 Å². The van der Waals surface area contributed by atoms with Gasteiger partial charge in [0.1, 0.15) is 9.79 Å². The van der Waals surface area contributed by atoms with Crippen LogP contribution >= 0.6 is 0 Å². The second kappa shape index (κ2) is 13.8. The highest BCUT2D eigenvalue weighted by Crippen LogP contribution is 2.47. The predicted molar refractivity (Wildman–Crippen MR) is 231 cm³/mol. The molecule has 9 aromatic carbocycles. The van der Waals surface area contributed by atoms with Crippen molar-refractivity contribution >= 4 is 91.8 Å². The van der Waals surface area contributed by atoms with Crippen LogP contribution in [0.1, 0.15) is 0 Å². The maximum Gasteiger partial charge on any atom is 0.295 e. The molecule has 0 unspecified atom stereocenters. The van der Waals surface area contributed by atoms with Gasteiger partial charge in [0.15, 0.2) is 0 Å². The lowest BCUT2D eigenvalue weighted by Gasteiger charge is -2.21. The van der Waals surface area contributed by atoms with Crippen LogP contribution in [0.5, 0.6) is 0 Å². The minimum atomic E-state index is -4.99. The summed E-state index contributed by atoms with van der Waals surface area (Å²) < 4.78 is 77.1. The zero-order valence-electron chi connectivity index (χ0n) is 30.0. The Bertz CT molecular complexity index is 3300.